The van der Waals surface area contributed by atoms with Crippen LogP contribution in [0.3, 0.4) is 0 Å². The molecule has 0 amide bonds. The van der Waals surface area contributed by atoms with Crippen molar-refractivity contribution in [3.63, 3.8) is 0 Å². The number of nitrogens with zero attached hydrogens (tertiary/aromatic N) is 2. The van der Waals surface area contributed by atoms with Crippen LogP contribution in [0.2, 0.25) is 0 Å². The summed E-state index contributed by atoms with van der Waals surface area (Å²) in [7, 11) is 0. The van der Waals surface area contributed by atoms with Crippen LogP contribution in [0.5, 0.6) is 0 Å². The van der Waals surface area contributed by atoms with Gasteiger partial charge in [-0.05, 0) is 25.5 Å². The van der Waals surface area contributed by atoms with Gasteiger partial charge in [0, 0.05) is 28.5 Å². The van der Waals surface area contributed by atoms with Gasteiger partial charge < -0.3 is 5.32 Å². The zero-order chi connectivity index (χ0) is 12.3. The summed E-state index contributed by atoms with van der Waals surface area (Å²) in [5.74, 6) is 0.866. The Morgan fingerprint density at radius 1 is 1.35 bits per heavy atom. The summed E-state index contributed by atoms with van der Waals surface area (Å²) in [5.41, 5.74) is 1.21. The molecule has 0 unspecified atom stereocenters. The largest absolute Gasteiger partial charge is 0.358 e. The van der Waals surface area contributed by atoms with Gasteiger partial charge in [0.05, 0.1) is 0 Å². The lowest BCUT2D eigenvalue weighted by Gasteiger charge is -2.03. The van der Waals surface area contributed by atoms with E-state index in [2.05, 4.69) is 50.5 Å². The van der Waals surface area contributed by atoms with Crippen LogP contribution in [0.15, 0.2) is 28.7 Å². The summed E-state index contributed by atoms with van der Waals surface area (Å²) in [6, 6.07) is 8.54. The lowest BCUT2D eigenvalue weighted by molar-refractivity contribution is 0.891. The molecule has 2 rings (SSSR count). The molecule has 0 aliphatic heterocycles. The number of hydrogen-bond donors (Lipinski definition) is 1. The van der Waals surface area contributed by atoms with E-state index in [4.69, 9.17) is 0 Å². The number of nitrogens with one attached hydrogen (secondary N) is 1. The molecule has 5 heteroatoms. The van der Waals surface area contributed by atoms with E-state index in [0.717, 1.165) is 21.8 Å². The van der Waals surface area contributed by atoms with E-state index in [1.165, 1.54) is 17.1 Å². The fourth-order valence-electron chi connectivity index (χ4n) is 1.44. The van der Waals surface area contributed by atoms with Crippen molar-refractivity contribution in [1.82, 2.24) is 9.36 Å². The van der Waals surface area contributed by atoms with Crippen molar-refractivity contribution in [2.45, 2.75) is 26.3 Å². The highest BCUT2D eigenvalue weighted by Gasteiger charge is 2.07. The summed E-state index contributed by atoms with van der Waals surface area (Å²) in [4.78, 5) is 4.46. The Kier molecular flexibility index (Phi) is 4.12. The summed E-state index contributed by atoms with van der Waals surface area (Å²) < 4.78 is 5.46. The van der Waals surface area contributed by atoms with E-state index in [1.54, 1.807) is 0 Å². The van der Waals surface area contributed by atoms with Crippen molar-refractivity contribution < 1.29 is 0 Å². The fourth-order valence-corrected chi connectivity index (χ4v) is 2.60. The van der Waals surface area contributed by atoms with Gasteiger partial charge >= 0.3 is 0 Å². The van der Waals surface area contributed by atoms with E-state index >= 15 is 0 Å². The van der Waals surface area contributed by atoms with E-state index in [-0.39, 0.29) is 0 Å². The highest BCUT2D eigenvalue weighted by atomic mass is 79.9. The molecule has 0 spiro atoms. The maximum Gasteiger partial charge on any atom is 0.202 e. The predicted octanol–water partition coefficient (Wildman–Crippen LogP) is 3.71. The maximum atomic E-state index is 4.46. The molecule has 90 valence electrons. The van der Waals surface area contributed by atoms with Crippen molar-refractivity contribution in [2.24, 2.45) is 0 Å². The topological polar surface area (TPSA) is 37.8 Å². The number of aromatic nitrogens is 2. The molecule has 17 heavy (non-hydrogen) atoms. The zero-order valence-corrected chi connectivity index (χ0v) is 12.2. The molecule has 1 aromatic heterocycles. The van der Waals surface area contributed by atoms with Gasteiger partial charge in [0.1, 0.15) is 5.82 Å². The lowest BCUT2D eigenvalue weighted by Crippen LogP contribution is -2.09. The van der Waals surface area contributed by atoms with Gasteiger partial charge in [-0.2, -0.15) is 4.37 Å². The minimum Gasteiger partial charge on any atom is -0.358 e. The van der Waals surface area contributed by atoms with Gasteiger partial charge in [-0.15, -0.1) is 0 Å². The third-order valence-corrected chi connectivity index (χ3v) is 3.64. The molecule has 0 radical (unpaired) electrons. The quantitative estimate of drug-likeness (QED) is 0.935. The smallest absolute Gasteiger partial charge is 0.202 e. The first kappa shape index (κ1) is 12.5. The monoisotopic (exact) mass is 311 g/mol. The zero-order valence-electron chi connectivity index (χ0n) is 9.77. The molecular formula is C12H14BrN3S. The van der Waals surface area contributed by atoms with Gasteiger partial charge in [-0.25, -0.2) is 4.98 Å². The molecule has 2 aromatic rings. The first-order valence-corrected chi connectivity index (χ1v) is 7.04. The Labute approximate surface area is 114 Å². The van der Waals surface area contributed by atoms with Crippen LogP contribution in [0.25, 0.3) is 0 Å². The molecule has 3 nitrogen and oxygen atoms in total. The van der Waals surface area contributed by atoms with Crippen LogP contribution in [0.1, 0.15) is 25.2 Å². The van der Waals surface area contributed by atoms with E-state index < -0.39 is 0 Å². The molecule has 0 atom stereocenters. The molecular weight excluding hydrogens is 298 g/mol. The van der Waals surface area contributed by atoms with Crippen LogP contribution < -0.4 is 5.32 Å². The molecule has 0 fully saturated rings. The van der Waals surface area contributed by atoms with Crippen LogP contribution >= 0.6 is 27.5 Å². The first-order valence-electron chi connectivity index (χ1n) is 5.47. The van der Waals surface area contributed by atoms with Crippen molar-refractivity contribution in [3.05, 3.63) is 40.1 Å². The Balaban J connectivity index is 2.09. The van der Waals surface area contributed by atoms with Gasteiger partial charge in [0.15, 0.2) is 0 Å². The lowest BCUT2D eigenvalue weighted by atomic mass is 10.1. The number of anilines is 1. The molecule has 0 aliphatic rings. The van der Waals surface area contributed by atoms with Crippen LogP contribution in [0.4, 0.5) is 5.13 Å². The Bertz CT molecular complexity index is 496. The average Bonchev–Trinajstić information content (AvgIpc) is 2.68. The van der Waals surface area contributed by atoms with E-state index in [0.29, 0.717) is 6.04 Å². The van der Waals surface area contributed by atoms with Gasteiger partial charge in [0.25, 0.3) is 0 Å². The Hall–Kier alpha value is -0.940. The minimum atomic E-state index is 0.388. The average molecular weight is 312 g/mol. The highest BCUT2D eigenvalue weighted by Crippen LogP contribution is 2.20. The van der Waals surface area contributed by atoms with Crippen molar-refractivity contribution in [1.29, 1.82) is 0 Å². The fraction of sp³-hybridized carbons (Fsp3) is 0.333. The minimum absolute atomic E-state index is 0.388. The predicted molar refractivity (Wildman–Crippen MR) is 75.6 cm³/mol. The number of halogens is 1. The van der Waals surface area contributed by atoms with Gasteiger partial charge in [-0.3, -0.25) is 0 Å². The first-order chi connectivity index (χ1) is 8.15. The Morgan fingerprint density at radius 2 is 2.12 bits per heavy atom. The van der Waals surface area contributed by atoms with Crippen molar-refractivity contribution in [3.8, 4) is 0 Å². The number of benzene rings is 1. The normalized spacial score (nSPS) is 10.8. The molecule has 0 aliphatic carbocycles. The summed E-state index contributed by atoms with van der Waals surface area (Å²) in [6.45, 7) is 4.18. The van der Waals surface area contributed by atoms with E-state index in [1.807, 2.05) is 18.2 Å². The molecule has 1 aromatic carbocycles. The molecule has 0 saturated carbocycles. The second kappa shape index (κ2) is 5.60. The molecule has 0 saturated heterocycles. The van der Waals surface area contributed by atoms with Crippen molar-refractivity contribution >= 4 is 32.6 Å². The second-order valence-corrected chi connectivity index (χ2v) is 5.69. The SMILES string of the molecule is CC(C)Nc1nc(Cc2ccccc2Br)ns1. The third kappa shape index (κ3) is 3.51. The molecule has 0 bridgehead atoms. The summed E-state index contributed by atoms with van der Waals surface area (Å²) in [5, 5.41) is 4.15. The number of rotatable bonds is 4. The maximum absolute atomic E-state index is 4.46. The second-order valence-electron chi connectivity index (χ2n) is 4.08. The summed E-state index contributed by atoms with van der Waals surface area (Å²) in [6.07, 6.45) is 0.762. The van der Waals surface area contributed by atoms with Crippen LogP contribution in [-0.2, 0) is 6.42 Å². The van der Waals surface area contributed by atoms with Crippen LogP contribution in [-0.4, -0.2) is 15.4 Å². The molecule has 1 N–H and O–H groups in total. The highest BCUT2D eigenvalue weighted by molar-refractivity contribution is 9.10. The summed E-state index contributed by atoms with van der Waals surface area (Å²) >= 11 is 4.95. The van der Waals surface area contributed by atoms with Crippen LogP contribution in [0, 0.1) is 0 Å². The van der Waals surface area contributed by atoms with Crippen molar-refractivity contribution in [2.75, 3.05) is 5.32 Å². The standard InChI is InChI=1S/C12H14BrN3S/c1-8(2)14-12-15-11(16-17-12)7-9-5-3-4-6-10(9)13/h3-6,8H,7H2,1-2H3,(H,14,15,16). The molecule has 1 heterocycles. The Morgan fingerprint density at radius 3 is 2.82 bits per heavy atom. The third-order valence-electron chi connectivity index (χ3n) is 2.19. The van der Waals surface area contributed by atoms with E-state index in [9.17, 15) is 0 Å². The van der Waals surface area contributed by atoms with Gasteiger partial charge in [-0.1, -0.05) is 34.1 Å². The van der Waals surface area contributed by atoms with Gasteiger partial charge in [0.2, 0.25) is 5.13 Å². The number of hydrogen-bond acceptors (Lipinski definition) is 4.